The van der Waals surface area contributed by atoms with Crippen molar-refractivity contribution in [2.24, 2.45) is 0 Å². The number of hydrogen-bond acceptors (Lipinski definition) is 7. The van der Waals surface area contributed by atoms with Gasteiger partial charge in [-0.2, -0.15) is 4.98 Å². The minimum absolute atomic E-state index is 0. The van der Waals surface area contributed by atoms with Crippen molar-refractivity contribution >= 4 is 83.8 Å². The number of aromatic amines is 1. The Bertz CT molecular complexity index is 746. The van der Waals surface area contributed by atoms with Gasteiger partial charge in [-0.15, -0.1) is 0 Å². The van der Waals surface area contributed by atoms with Crippen molar-refractivity contribution in [3.63, 3.8) is 0 Å². The van der Waals surface area contributed by atoms with E-state index >= 15 is 0 Å². The monoisotopic (exact) mass is 367 g/mol. The summed E-state index contributed by atoms with van der Waals surface area (Å²) in [5.74, 6) is -0.0555. The number of rotatable bonds is 6. The van der Waals surface area contributed by atoms with Crippen LogP contribution in [0.3, 0.4) is 0 Å². The number of ether oxygens (including phenoxy) is 2. The van der Waals surface area contributed by atoms with E-state index in [1.54, 1.807) is 0 Å². The van der Waals surface area contributed by atoms with Crippen molar-refractivity contribution in [1.82, 2.24) is 19.5 Å². The molecular weight excluding hydrogens is 351 g/mol. The van der Waals surface area contributed by atoms with Gasteiger partial charge < -0.3 is 25.0 Å². The molecular formula is C9H16N5Na2O6P. The molecule has 0 amide bonds. The van der Waals surface area contributed by atoms with Crippen molar-refractivity contribution in [2.75, 3.05) is 12.1 Å². The molecule has 0 saturated heterocycles. The van der Waals surface area contributed by atoms with Crippen molar-refractivity contribution in [2.45, 2.75) is 19.9 Å². The van der Waals surface area contributed by atoms with Crippen LogP contribution in [0.25, 0.3) is 11.2 Å². The third-order valence-corrected chi connectivity index (χ3v) is 2.90. The van der Waals surface area contributed by atoms with Gasteiger partial charge in [0.15, 0.2) is 23.8 Å². The Morgan fingerprint density at radius 2 is 2.09 bits per heavy atom. The first-order valence-corrected chi connectivity index (χ1v) is 7.54. The van der Waals surface area contributed by atoms with E-state index in [1.165, 1.54) is 17.8 Å². The van der Waals surface area contributed by atoms with E-state index in [4.69, 9.17) is 25.0 Å². The van der Waals surface area contributed by atoms with Gasteiger partial charge in [0, 0.05) is 0 Å². The number of aromatic nitrogens is 4. The van der Waals surface area contributed by atoms with E-state index < -0.39 is 25.8 Å². The van der Waals surface area contributed by atoms with Crippen molar-refractivity contribution in [3.8, 4) is 0 Å². The number of anilines is 1. The first-order chi connectivity index (χ1) is 9.76. The first-order valence-electron chi connectivity index (χ1n) is 5.74. The van der Waals surface area contributed by atoms with E-state index in [9.17, 15) is 9.36 Å². The zero-order chi connectivity index (χ0) is 15.6. The fourth-order valence-corrected chi connectivity index (χ4v) is 1.90. The Hall–Kier alpha value is 0.220. The van der Waals surface area contributed by atoms with Gasteiger partial charge in [-0.3, -0.25) is 18.9 Å². The molecule has 1 atom stereocenters. The van der Waals surface area contributed by atoms with Crippen LogP contribution >= 0.6 is 7.60 Å². The predicted octanol–water partition coefficient (Wildman–Crippen LogP) is -2.12. The predicted molar refractivity (Wildman–Crippen MR) is 85.4 cm³/mol. The molecule has 2 heterocycles. The number of hydrogen-bond donors (Lipinski definition) is 4. The van der Waals surface area contributed by atoms with Crippen LogP contribution in [0.2, 0.25) is 0 Å². The van der Waals surface area contributed by atoms with E-state index in [-0.39, 0.29) is 83.0 Å². The van der Waals surface area contributed by atoms with Crippen LogP contribution in [-0.4, -0.2) is 101 Å². The summed E-state index contributed by atoms with van der Waals surface area (Å²) in [4.78, 5) is 39.0. The van der Waals surface area contributed by atoms with Gasteiger partial charge in [0.25, 0.3) is 5.56 Å². The van der Waals surface area contributed by atoms with Gasteiger partial charge in [-0.05, 0) is 6.92 Å². The molecule has 0 fully saturated rings. The summed E-state index contributed by atoms with van der Waals surface area (Å²) in [6.07, 6.45) is -0.277. The van der Waals surface area contributed by atoms with Gasteiger partial charge in [0.2, 0.25) is 5.95 Å². The molecule has 14 heteroatoms. The summed E-state index contributed by atoms with van der Waals surface area (Å²) >= 11 is 0. The second-order valence-corrected chi connectivity index (χ2v) is 5.75. The molecule has 2 aromatic rings. The van der Waals surface area contributed by atoms with Gasteiger partial charge in [0.1, 0.15) is 6.73 Å². The molecule has 0 aliphatic rings. The molecule has 1 unspecified atom stereocenters. The molecule has 0 spiro atoms. The summed E-state index contributed by atoms with van der Waals surface area (Å²) in [7, 11) is -4.25. The van der Waals surface area contributed by atoms with Crippen LogP contribution in [0.4, 0.5) is 5.95 Å². The average Bonchev–Trinajstić information content (AvgIpc) is 2.76. The van der Waals surface area contributed by atoms with Gasteiger partial charge in [-0.1, -0.05) is 0 Å². The molecule has 0 saturated carbocycles. The van der Waals surface area contributed by atoms with Crippen LogP contribution in [0.1, 0.15) is 6.92 Å². The molecule has 23 heavy (non-hydrogen) atoms. The Balaban J connectivity index is 0.00000242. The molecule has 11 nitrogen and oxygen atoms in total. The number of nitrogens with two attached hydrogens (primary N) is 1. The molecule has 2 aromatic heterocycles. The number of imidazole rings is 1. The molecule has 0 radical (unpaired) electrons. The van der Waals surface area contributed by atoms with Crippen molar-refractivity contribution < 1.29 is 23.8 Å². The topological polar surface area (TPSA) is 166 Å². The Kier molecular flexibility index (Phi) is 9.73. The molecule has 2 rings (SSSR count). The number of H-pyrrole nitrogens is 1. The summed E-state index contributed by atoms with van der Waals surface area (Å²) in [5.41, 5.74) is 5.32. The van der Waals surface area contributed by atoms with Gasteiger partial charge in [0.05, 0.1) is 6.33 Å². The molecule has 5 N–H and O–H groups in total. The second kappa shape index (κ2) is 9.64. The maximum atomic E-state index is 11.6. The summed E-state index contributed by atoms with van der Waals surface area (Å²) in [5, 5.41) is 0. The standard InChI is InChI=1S/C9H14N5O6P.2Na.2H/c1-5(20-4-21(16,17)18)19-3-14-2-11-6-7(14)12-9(10)13-8(6)15;;;;/h2,5H,3-4H2,1H3,(H2,16,17,18)(H3,10,12,13,15);;;;. The number of nitrogens with zero attached hydrogens (tertiary/aromatic N) is 3. The maximum absolute atomic E-state index is 11.6. The van der Waals surface area contributed by atoms with Crippen LogP contribution < -0.4 is 11.3 Å². The molecule has 0 aromatic carbocycles. The Labute approximate surface area is 174 Å². The zero-order valence-corrected chi connectivity index (χ0v) is 11.9. The van der Waals surface area contributed by atoms with Crippen LogP contribution in [0.5, 0.6) is 0 Å². The van der Waals surface area contributed by atoms with Crippen molar-refractivity contribution in [3.05, 3.63) is 16.7 Å². The number of nitrogens with one attached hydrogen (secondary N) is 1. The zero-order valence-electron chi connectivity index (χ0n) is 11.0. The fraction of sp³-hybridized carbons (Fsp3) is 0.444. The SMILES string of the molecule is CC(OCn1cnc2c(=O)[nH]c(N)nc21)OCP(=O)(O)O.[NaH].[NaH]. The summed E-state index contributed by atoms with van der Waals surface area (Å²) in [6.45, 7) is 1.40. The molecule has 0 bridgehead atoms. The van der Waals surface area contributed by atoms with E-state index in [1.807, 2.05) is 0 Å². The number of fused-ring (bicyclic) bond motifs is 1. The minimum atomic E-state index is -4.25. The van der Waals surface area contributed by atoms with Crippen LogP contribution in [0.15, 0.2) is 11.1 Å². The van der Waals surface area contributed by atoms with Crippen LogP contribution in [-0.2, 0) is 20.8 Å². The van der Waals surface area contributed by atoms with Crippen molar-refractivity contribution in [1.29, 1.82) is 0 Å². The average molecular weight is 367 g/mol. The van der Waals surface area contributed by atoms with Gasteiger partial charge >= 0.3 is 66.7 Å². The van der Waals surface area contributed by atoms with E-state index in [2.05, 4.69) is 15.0 Å². The third kappa shape index (κ3) is 6.92. The molecule has 0 aliphatic heterocycles. The molecule has 120 valence electrons. The van der Waals surface area contributed by atoms with E-state index in [0.717, 1.165) is 0 Å². The normalized spacial score (nSPS) is 12.5. The summed E-state index contributed by atoms with van der Waals surface area (Å²) < 4.78 is 22.1. The van der Waals surface area contributed by atoms with Crippen LogP contribution in [0, 0.1) is 0 Å². The fourth-order valence-electron chi connectivity index (χ4n) is 1.50. The summed E-state index contributed by atoms with van der Waals surface area (Å²) in [6, 6.07) is 0. The second-order valence-electron chi connectivity index (χ2n) is 4.16. The number of nitrogen functional groups attached to an aromatic ring is 1. The Morgan fingerprint density at radius 3 is 2.70 bits per heavy atom. The van der Waals surface area contributed by atoms with E-state index in [0.29, 0.717) is 0 Å². The Morgan fingerprint density at radius 1 is 1.43 bits per heavy atom. The quantitative estimate of drug-likeness (QED) is 0.254. The third-order valence-electron chi connectivity index (χ3n) is 2.42. The molecule has 0 aliphatic carbocycles. The first kappa shape index (κ1) is 23.2. The van der Waals surface area contributed by atoms with Gasteiger partial charge in [-0.25, -0.2) is 4.98 Å².